The van der Waals surface area contributed by atoms with E-state index in [-0.39, 0.29) is 5.56 Å². The highest BCUT2D eigenvalue weighted by Crippen LogP contribution is 2.25. The summed E-state index contributed by atoms with van der Waals surface area (Å²) in [4.78, 5) is 38.5. The lowest BCUT2D eigenvalue weighted by Crippen LogP contribution is -2.37. The molecule has 5 rings (SSSR count). The Balaban J connectivity index is 1.33. The van der Waals surface area contributed by atoms with E-state index in [9.17, 15) is 14.4 Å². The standard InChI is InChI=1S/C35H28ClN3O5/c36-27-9-5-11-31(21-27)44-30-18-14-25(15-19-30)34(41)39-32(35(42)38-28-10-4-8-26(20-28)33(37)40)24-12-16-29(17-13-24)43-22-23-6-2-1-3-7-23/h1-21,32H,22H2,(H2,37,40)(H,38,42)(H,39,41)/t32-/m0/s1. The van der Waals surface area contributed by atoms with Gasteiger partial charge in [-0.1, -0.05) is 66.2 Å². The van der Waals surface area contributed by atoms with Crippen LogP contribution < -0.4 is 25.8 Å². The Morgan fingerprint density at radius 1 is 0.705 bits per heavy atom. The van der Waals surface area contributed by atoms with Crippen molar-refractivity contribution in [1.82, 2.24) is 5.32 Å². The smallest absolute Gasteiger partial charge is 0.252 e. The maximum atomic E-state index is 13.5. The number of hydrogen-bond acceptors (Lipinski definition) is 5. The molecule has 0 saturated carbocycles. The third-order valence-electron chi connectivity index (χ3n) is 6.56. The fourth-order valence-corrected chi connectivity index (χ4v) is 4.50. The maximum absolute atomic E-state index is 13.5. The van der Waals surface area contributed by atoms with Crippen LogP contribution in [0.4, 0.5) is 5.69 Å². The van der Waals surface area contributed by atoms with Gasteiger partial charge in [-0.2, -0.15) is 0 Å². The molecule has 0 unspecified atom stereocenters. The predicted molar refractivity (Wildman–Crippen MR) is 169 cm³/mol. The molecule has 8 nitrogen and oxygen atoms in total. The Kier molecular flexibility index (Phi) is 9.54. The molecule has 0 aliphatic heterocycles. The second-order valence-corrected chi connectivity index (χ2v) is 10.2. The average Bonchev–Trinajstić information content (AvgIpc) is 3.04. The minimum absolute atomic E-state index is 0.239. The SMILES string of the molecule is NC(=O)c1cccc(NC(=O)[C@@H](NC(=O)c2ccc(Oc3cccc(Cl)c3)cc2)c2ccc(OCc3ccccc3)cc2)c1. The molecule has 0 aliphatic carbocycles. The molecule has 0 heterocycles. The topological polar surface area (TPSA) is 120 Å². The molecule has 0 spiro atoms. The zero-order valence-electron chi connectivity index (χ0n) is 23.4. The van der Waals surface area contributed by atoms with E-state index >= 15 is 0 Å². The molecule has 0 saturated heterocycles. The van der Waals surface area contributed by atoms with E-state index in [1.165, 1.54) is 6.07 Å². The number of amides is 3. The number of primary amides is 1. The predicted octanol–water partition coefficient (Wildman–Crippen LogP) is 6.92. The summed E-state index contributed by atoms with van der Waals surface area (Å²) in [7, 11) is 0. The molecule has 0 aliphatic rings. The number of ether oxygens (including phenoxy) is 2. The van der Waals surface area contributed by atoms with Crippen molar-refractivity contribution in [3.05, 3.63) is 155 Å². The fraction of sp³-hybridized carbons (Fsp3) is 0.0571. The summed E-state index contributed by atoms with van der Waals surface area (Å²) < 4.78 is 11.7. The van der Waals surface area contributed by atoms with Crippen molar-refractivity contribution < 1.29 is 23.9 Å². The molecule has 220 valence electrons. The molecule has 9 heteroatoms. The minimum Gasteiger partial charge on any atom is -0.489 e. The van der Waals surface area contributed by atoms with E-state index in [1.807, 2.05) is 30.3 Å². The second kappa shape index (κ2) is 14.0. The van der Waals surface area contributed by atoms with Gasteiger partial charge in [0.15, 0.2) is 0 Å². The third kappa shape index (κ3) is 8.02. The summed E-state index contributed by atoms with van der Waals surface area (Å²) in [6.45, 7) is 0.383. The largest absolute Gasteiger partial charge is 0.489 e. The Morgan fingerprint density at radius 3 is 2.11 bits per heavy atom. The van der Waals surface area contributed by atoms with E-state index in [0.29, 0.717) is 45.7 Å². The van der Waals surface area contributed by atoms with Crippen LogP contribution in [0.15, 0.2) is 127 Å². The van der Waals surface area contributed by atoms with Gasteiger partial charge >= 0.3 is 0 Å². The zero-order chi connectivity index (χ0) is 30.9. The van der Waals surface area contributed by atoms with E-state index in [1.54, 1.807) is 91.0 Å². The van der Waals surface area contributed by atoms with Crippen molar-refractivity contribution in [2.24, 2.45) is 5.73 Å². The molecule has 44 heavy (non-hydrogen) atoms. The summed E-state index contributed by atoms with van der Waals surface area (Å²) in [5, 5.41) is 6.13. The monoisotopic (exact) mass is 605 g/mol. The van der Waals surface area contributed by atoms with Crippen LogP contribution in [0.1, 0.15) is 37.9 Å². The van der Waals surface area contributed by atoms with E-state index in [0.717, 1.165) is 5.56 Å². The van der Waals surface area contributed by atoms with Crippen LogP contribution in [0, 0.1) is 0 Å². The molecule has 3 amide bonds. The van der Waals surface area contributed by atoms with Crippen LogP contribution in [0.3, 0.4) is 0 Å². The van der Waals surface area contributed by atoms with Gasteiger partial charge in [0.1, 0.15) is 29.9 Å². The summed E-state index contributed by atoms with van der Waals surface area (Å²) in [5.74, 6) is 0.0579. The van der Waals surface area contributed by atoms with E-state index < -0.39 is 23.8 Å². The minimum atomic E-state index is -1.08. The quantitative estimate of drug-likeness (QED) is 0.151. The number of anilines is 1. The first-order valence-electron chi connectivity index (χ1n) is 13.7. The molecular formula is C35H28ClN3O5. The first-order valence-corrected chi connectivity index (χ1v) is 14.0. The highest BCUT2D eigenvalue weighted by Gasteiger charge is 2.24. The van der Waals surface area contributed by atoms with Crippen molar-refractivity contribution in [2.45, 2.75) is 12.6 Å². The number of nitrogens with one attached hydrogen (secondary N) is 2. The molecule has 0 radical (unpaired) electrons. The lowest BCUT2D eigenvalue weighted by atomic mass is 10.0. The van der Waals surface area contributed by atoms with Gasteiger partial charge in [-0.05, 0) is 83.9 Å². The molecule has 5 aromatic carbocycles. The third-order valence-corrected chi connectivity index (χ3v) is 6.80. The zero-order valence-corrected chi connectivity index (χ0v) is 24.2. The number of benzene rings is 5. The van der Waals surface area contributed by atoms with Gasteiger partial charge in [0.25, 0.3) is 11.8 Å². The summed E-state index contributed by atoms with van der Waals surface area (Å²) in [5.41, 5.74) is 7.85. The van der Waals surface area contributed by atoms with Crippen LogP contribution in [-0.2, 0) is 11.4 Å². The van der Waals surface area contributed by atoms with Gasteiger partial charge in [-0.3, -0.25) is 14.4 Å². The fourth-order valence-electron chi connectivity index (χ4n) is 4.32. The van der Waals surface area contributed by atoms with Crippen molar-refractivity contribution in [2.75, 3.05) is 5.32 Å². The van der Waals surface area contributed by atoms with Gasteiger partial charge in [-0.15, -0.1) is 0 Å². The van der Waals surface area contributed by atoms with Gasteiger partial charge < -0.3 is 25.8 Å². The van der Waals surface area contributed by atoms with Crippen LogP contribution in [0.25, 0.3) is 0 Å². The number of carbonyl (C=O) groups excluding carboxylic acids is 3. The van der Waals surface area contributed by atoms with Crippen LogP contribution >= 0.6 is 11.6 Å². The molecule has 0 fully saturated rings. The average molecular weight is 606 g/mol. The summed E-state index contributed by atoms with van der Waals surface area (Å²) in [6, 6.07) is 35.3. The molecule has 1 atom stereocenters. The number of carbonyl (C=O) groups is 3. The summed E-state index contributed by atoms with van der Waals surface area (Å²) in [6.07, 6.45) is 0. The number of hydrogen-bond donors (Lipinski definition) is 3. The lowest BCUT2D eigenvalue weighted by Gasteiger charge is -2.20. The van der Waals surface area contributed by atoms with E-state index in [4.69, 9.17) is 26.8 Å². The molecule has 4 N–H and O–H groups in total. The molecule has 0 bridgehead atoms. The van der Waals surface area contributed by atoms with E-state index in [2.05, 4.69) is 10.6 Å². The van der Waals surface area contributed by atoms with Gasteiger partial charge in [0.05, 0.1) is 0 Å². The number of nitrogens with two attached hydrogens (primary N) is 1. The van der Waals surface area contributed by atoms with Crippen molar-refractivity contribution in [3.63, 3.8) is 0 Å². The van der Waals surface area contributed by atoms with Crippen molar-refractivity contribution in [3.8, 4) is 17.2 Å². The van der Waals surface area contributed by atoms with Gasteiger partial charge in [0.2, 0.25) is 5.91 Å². The normalized spacial score (nSPS) is 11.2. The first-order chi connectivity index (χ1) is 21.3. The molecular weight excluding hydrogens is 578 g/mol. The second-order valence-electron chi connectivity index (χ2n) is 9.77. The lowest BCUT2D eigenvalue weighted by molar-refractivity contribution is -0.118. The van der Waals surface area contributed by atoms with Gasteiger partial charge in [-0.25, -0.2) is 0 Å². The van der Waals surface area contributed by atoms with Crippen LogP contribution in [0.5, 0.6) is 17.2 Å². The van der Waals surface area contributed by atoms with Gasteiger partial charge in [0, 0.05) is 21.8 Å². The van der Waals surface area contributed by atoms with Crippen LogP contribution in [-0.4, -0.2) is 17.7 Å². The summed E-state index contributed by atoms with van der Waals surface area (Å²) >= 11 is 6.03. The number of rotatable bonds is 11. The van der Waals surface area contributed by atoms with Crippen molar-refractivity contribution in [1.29, 1.82) is 0 Å². The Bertz CT molecular complexity index is 1760. The Labute approximate surface area is 259 Å². The Hall–Kier alpha value is -5.60. The molecule has 5 aromatic rings. The molecule has 0 aromatic heterocycles. The van der Waals surface area contributed by atoms with Crippen molar-refractivity contribution >= 4 is 35.0 Å². The first kappa shape index (κ1) is 29.9. The maximum Gasteiger partial charge on any atom is 0.252 e. The van der Waals surface area contributed by atoms with Crippen LogP contribution in [0.2, 0.25) is 5.02 Å². The Morgan fingerprint density at radius 2 is 1.41 bits per heavy atom. The highest BCUT2D eigenvalue weighted by atomic mass is 35.5. The highest BCUT2D eigenvalue weighted by molar-refractivity contribution is 6.30. The number of halogens is 1.